The molecule has 164 valence electrons. The number of nitrogens with zero attached hydrogens (tertiary/aromatic N) is 2. The van der Waals surface area contributed by atoms with Gasteiger partial charge in [-0.3, -0.25) is 15.1 Å². The van der Waals surface area contributed by atoms with E-state index in [9.17, 15) is 4.79 Å². The molecule has 31 heavy (non-hydrogen) atoms. The highest BCUT2D eigenvalue weighted by atomic mass is 28.3. The number of benzene rings is 1. The first-order valence-electron chi connectivity index (χ1n) is 11.0. The van der Waals surface area contributed by atoms with Crippen LogP contribution in [0.3, 0.4) is 0 Å². The van der Waals surface area contributed by atoms with E-state index in [1.165, 1.54) is 5.56 Å². The van der Waals surface area contributed by atoms with Crippen LogP contribution in [0.25, 0.3) is 0 Å². The van der Waals surface area contributed by atoms with E-state index in [0.29, 0.717) is 6.42 Å². The number of nitrogens with one attached hydrogen (secondary N) is 1. The van der Waals surface area contributed by atoms with E-state index in [2.05, 4.69) is 60.5 Å². The number of carbonyl (C=O) groups is 1. The van der Waals surface area contributed by atoms with Gasteiger partial charge >= 0.3 is 0 Å². The van der Waals surface area contributed by atoms with E-state index < -0.39 is 8.07 Å². The number of pyridine rings is 1. The van der Waals surface area contributed by atoms with E-state index in [1.807, 2.05) is 29.2 Å². The third-order valence-corrected chi connectivity index (χ3v) is 6.20. The Balaban J connectivity index is 2.11. The number of fused-ring (bicyclic) bond motifs is 1. The number of amides is 1. The highest BCUT2D eigenvalue weighted by Crippen LogP contribution is 2.38. The van der Waals surface area contributed by atoms with Crippen molar-refractivity contribution in [2.24, 2.45) is 0 Å². The third kappa shape index (κ3) is 5.75. The second-order valence-electron chi connectivity index (χ2n) is 8.96. The molecule has 0 unspecified atom stereocenters. The largest absolute Gasteiger partial charge is 0.497 e. The maximum absolute atomic E-state index is 13.5. The normalized spacial score (nSPS) is 18.0. The lowest BCUT2D eigenvalue weighted by atomic mass is 9.88. The summed E-state index contributed by atoms with van der Waals surface area (Å²) in [6.45, 7) is 9.47. The van der Waals surface area contributed by atoms with E-state index in [4.69, 9.17) is 4.74 Å². The van der Waals surface area contributed by atoms with Crippen molar-refractivity contribution in [3.63, 3.8) is 0 Å². The maximum atomic E-state index is 13.5. The highest BCUT2D eigenvalue weighted by Gasteiger charge is 2.38. The molecule has 1 aliphatic rings. The zero-order valence-corrected chi connectivity index (χ0v) is 20.2. The number of ether oxygens (including phenoxy) is 1. The number of rotatable bonds is 6. The second-order valence-corrected chi connectivity index (χ2v) is 13.7. The Hall–Kier alpha value is -2.62. The van der Waals surface area contributed by atoms with Crippen molar-refractivity contribution in [1.82, 2.24) is 15.2 Å². The molecule has 0 radical (unpaired) electrons. The minimum Gasteiger partial charge on any atom is -0.497 e. The van der Waals surface area contributed by atoms with Crippen molar-refractivity contribution in [3.8, 4) is 17.2 Å². The number of hydrogen-bond acceptors (Lipinski definition) is 4. The number of carbonyl (C=O) groups excluding carboxylic acids is 1. The number of aromatic nitrogens is 1. The van der Waals surface area contributed by atoms with Crippen molar-refractivity contribution < 1.29 is 9.53 Å². The van der Waals surface area contributed by atoms with E-state index in [1.54, 1.807) is 13.3 Å². The first-order chi connectivity index (χ1) is 14.8. The van der Waals surface area contributed by atoms with Crippen LogP contribution in [0, 0.1) is 11.5 Å². The molecule has 0 saturated heterocycles. The monoisotopic (exact) mass is 435 g/mol. The molecule has 0 saturated carbocycles. The van der Waals surface area contributed by atoms with Gasteiger partial charge in [0.2, 0.25) is 0 Å². The van der Waals surface area contributed by atoms with E-state index >= 15 is 0 Å². The Kier molecular flexibility index (Phi) is 7.53. The van der Waals surface area contributed by atoms with Crippen LogP contribution in [-0.2, 0) is 11.2 Å². The molecule has 2 aromatic rings. The zero-order valence-electron chi connectivity index (χ0n) is 19.2. The van der Waals surface area contributed by atoms with Crippen LogP contribution in [0.4, 0.5) is 0 Å². The van der Waals surface area contributed by atoms with Crippen molar-refractivity contribution in [1.29, 1.82) is 0 Å². The van der Waals surface area contributed by atoms with Gasteiger partial charge in [0.05, 0.1) is 19.0 Å². The summed E-state index contributed by atoms with van der Waals surface area (Å²) < 4.78 is 5.47. The number of unbranched alkanes of at least 4 members (excludes halogenated alkanes) is 1. The quantitative estimate of drug-likeness (QED) is 0.421. The van der Waals surface area contributed by atoms with Gasteiger partial charge in [-0.1, -0.05) is 45.1 Å². The van der Waals surface area contributed by atoms with Crippen molar-refractivity contribution in [3.05, 3.63) is 59.4 Å². The summed E-state index contributed by atoms with van der Waals surface area (Å²) >= 11 is 0. The lowest BCUT2D eigenvalue weighted by molar-refractivity contribution is -0.130. The SMILES string of the molecule is CCCCN[C@H]1Cc2cc(OC)ccc2[C@H](c2ccccn2)N1C(=O)C#C[Si](C)(C)C. The Morgan fingerprint density at radius 3 is 2.74 bits per heavy atom. The van der Waals surface area contributed by atoms with Gasteiger partial charge in [-0.2, -0.15) is 0 Å². The Morgan fingerprint density at radius 1 is 1.29 bits per heavy atom. The van der Waals surface area contributed by atoms with Crippen LogP contribution in [0.2, 0.25) is 19.6 Å². The zero-order chi connectivity index (χ0) is 22.4. The summed E-state index contributed by atoms with van der Waals surface area (Å²) in [5.41, 5.74) is 6.35. The van der Waals surface area contributed by atoms with E-state index in [-0.39, 0.29) is 18.1 Å². The molecule has 1 aliphatic heterocycles. The smallest absolute Gasteiger partial charge is 0.299 e. The lowest BCUT2D eigenvalue weighted by Gasteiger charge is -2.42. The maximum Gasteiger partial charge on any atom is 0.299 e. The molecule has 1 N–H and O–H groups in total. The average molecular weight is 436 g/mol. The lowest BCUT2D eigenvalue weighted by Crippen LogP contribution is -2.54. The van der Waals surface area contributed by atoms with Gasteiger partial charge < -0.3 is 9.64 Å². The molecule has 1 amide bonds. The molecule has 5 nitrogen and oxygen atoms in total. The van der Waals surface area contributed by atoms with E-state index in [0.717, 1.165) is 36.4 Å². The minimum absolute atomic E-state index is 0.145. The van der Waals surface area contributed by atoms with Crippen molar-refractivity contribution >= 4 is 14.0 Å². The summed E-state index contributed by atoms with van der Waals surface area (Å²) in [6.07, 6.45) is 4.49. The van der Waals surface area contributed by atoms with Gasteiger partial charge in [-0.15, -0.1) is 5.54 Å². The molecule has 2 atom stereocenters. The fourth-order valence-corrected chi connectivity index (χ4v) is 4.29. The standard InChI is InChI=1S/C25H33N3O2Si/c1-6-7-14-27-23-18-19-17-20(30-2)11-12-21(19)25(22-10-8-9-15-26-22)28(23)24(29)13-16-31(3,4)5/h8-12,15,17,23,25,27H,6-7,14,18H2,1-5H3/t23-,25-/m1/s1. The molecule has 1 aromatic carbocycles. The summed E-state index contributed by atoms with van der Waals surface area (Å²) in [6, 6.07) is 11.6. The molecule has 1 aromatic heterocycles. The summed E-state index contributed by atoms with van der Waals surface area (Å²) in [5, 5.41) is 3.61. The van der Waals surface area contributed by atoms with Gasteiger partial charge in [0.25, 0.3) is 5.91 Å². The topological polar surface area (TPSA) is 54.5 Å². The third-order valence-electron chi connectivity index (χ3n) is 5.33. The van der Waals surface area contributed by atoms with Crippen molar-refractivity contribution in [2.75, 3.05) is 13.7 Å². The fraction of sp³-hybridized carbons (Fsp3) is 0.440. The fourth-order valence-electron chi connectivity index (χ4n) is 3.81. The molecule has 0 bridgehead atoms. The Morgan fingerprint density at radius 2 is 2.10 bits per heavy atom. The van der Waals surface area contributed by atoms with Gasteiger partial charge in [0.1, 0.15) is 19.9 Å². The number of methoxy groups -OCH3 is 1. The number of hydrogen-bond donors (Lipinski definition) is 1. The average Bonchev–Trinajstić information content (AvgIpc) is 2.76. The van der Waals surface area contributed by atoms with Crippen LogP contribution in [0.5, 0.6) is 5.75 Å². The van der Waals surface area contributed by atoms with Crippen LogP contribution in [0.1, 0.15) is 42.6 Å². The summed E-state index contributed by atoms with van der Waals surface area (Å²) in [4.78, 5) is 20.0. The van der Waals surface area contributed by atoms with Gasteiger partial charge in [-0.25, -0.2) is 0 Å². The Bertz CT molecular complexity index is 960. The van der Waals surface area contributed by atoms with Gasteiger partial charge in [-0.05, 0) is 54.3 Å². The highest BCUT2D eigenvalue weighted by molar-refractivity contribution is 6.84. The first kappa shape index (κ1) is 23.0. The molecular weight excluding hydrogens is 402 g/mol. The second kappa shape index (κ2) is 10.1. The summed E-state index contributed by atoms with van der Waals surface area (Å²) in [5.74, 6) is 3.65. The Labute approximate surface area is 187 Å². The first-order valence-corrected chi connectivity index (χ1v) is 14.5. The van der Waals surface area contributed by atoms with Crippen LogP contribution in [0.15, 0.2) is 42.6 Å². The molecule has 6 heteroatoms. The molecule has 2 heterocycles. The minimum atomic E-state index is -1.68. The predicted octanol–water partition coefficient (Wildman–Crippen LogP) is 4.16. The predicted molar refractivity (Wildman–Crippen MR) is 127 cm³/mol. The van der Waals surface area contributed by atoms with Crippen LogP contribution >= 0.6 is 0 Å². The molecule has 0 spiro atoms. The summed E-state index contributed by atoms with van der Waals surface area (Å²) in [7, 11) is -0.00316. The van der Waals surface area contributed by atoms with Gasteiger partial charge in [0.15, 0.2) is 0 Å². The van der Waals surface area contributed by atoms with Crippen LogP contribution < -0.4 is 10.1 Å². The van der Waals surface area contributed by atoms with Crippen LogP contribution in [-0.4, -0.2) is 43.7 Å². The molecule has 0 fully saturated rings. The molecule has 0 aliphatic carbocycles. The molecule has 3 rings (SSSR count). The molecular formula is C25H33N3O2Si. The van der Waals surface area contributed by atoms with Gasteiger partial charge in [0, 0.05) is 12.6 Å². The van der Waals surface area contributed by atoms with Crippen molar-refractivity contribution in [2.45, 2.75) is 58.0 Å².